The van der Waals surface area contributed by atoms with Crippen LogP contribution in [0, 0.1) is 12.7 Å². The lowest BCUT2D eigenvalue weighted by molar-refractivity contribution is 0.0729. The second-order valence-corrected chi connectivity index (χ2v) is 10.5. The molecule has 1 aromatic heterocycles. The highest BCUT2D eigenvalue weighted by molar-refractivity contribution is 7.89. The van der Waals surface area contributed by atoms with Gasteiger partial charge < -0.3 is 4.90 Å². The largest absolute Gasteiger partial charge is 0.330 e. The van der Waals surface area contributed by atoms with Crippen LogP contribution in [0.1, 0.15) is 46.3 Å². The fraction of sp³-hybridized carbons (Fsp3) is 0.308. The van der Waals surface area contributed by atoms with E-state index in [0.717, 1.165) is 42.0 Å². The zero-order valence-corrected chi connectivity index (χ0v) is 20.0. The van der Waals surface area contributed by atoms with Crippen molar-refractivity contribution in [3.63, 3.8) is 0 Å². The Kier molecular flexibility index (Phi) is 7.38. The molecule has 1 aliphatic rings. The topological polar surface area (TPSA) is 70.6 Å². The van der Waals surface area contributed by atoms with Gasteiger partial charge in [-0.05, 0) is 60.7 Å². The van der Waals surface area contributed by atoms with Crippen molar-refractivity contribution in [3.8, 4) is 0 Å². The summed E-state index contributed by atoms with van der Waals surface area (Å²) < 4.78 is 42.3. The molecule has 6 nitrogen and oxygen atoms in total. The number of aryl methyl sites for hydroxylation is 1. The van der Waals surface area contributed by atoms with Gasteiger partial charge in [-0.25, -0.2) is 12.8 Å². The van der Waals surface area contributed by atoms with Crippen LogP contribution < -0.4 is 0 Å². The van der Waals surface area contributed by atoms with Gasteiger partial charge in [-0.1, -0.05) is 36.8 Å². The number of amides is 1. The van der Waals surface area contributed by atoms with Crippen LogP contribution in [0.5, 0.6) is 0 Å². The number of carbonyl (C=O) groups is 1. The first-order chi connectivity index (χ1) is 16.4. The lowest BCUT2D eigenvalue weighted by Crippen LogP contribution is -2.36. The molecule has 8 heteroatoms. The smallest absolute Gasteiger partial charge is 0.254 e. The average molecular weight is 482 g/mol. The first-order valence-corrected chi connectivity index (χ1v) is 12.8. The van der Waals surface area contributed by atoms with Crippen LogP contribution in [0.2, 0.25) is 0 Å². The van der Waals surface area contributed by atoms with Crippen molar-refractivity contribution in [2.45, 2.75) is 44.2 Å². The molecule has 1 aliphatic heterocycles. The summed E-state index contributed by atoms with van der Waals surface area (Å²) in [5.74, 6) is -1.22. The van der Waals surface area contributed by atoms with Gasteiger partial charge in [0.25, 0.3) is 5.91 Å². The van der Waals surface area contributed by atoms with Crippen LogP contribution in [-0.2, 0) is 23.1 Å². The van der Waals surface area contributed by atoms with Gasteiger partial charge in [-0.3, -0.25) is 9.78 Å². The standard InChI is InChI=1S/C26H28FN3O3S/c1-20-8-3-4-10-23(20)19-29(18-21-9-7-13-28-17-21)26(31)22-11-12-24(27)25(16-22)34(32,33)30-14-5-2-6-15-30/h3-4,7-13,16-17H,2,5-6,14-15,18-19H2,1H3. The van der Waals surface area contributed by atoms with Crippen molar-refractivity contribution in [1.82, 2.24) is 14.2 Å². The maximum absolute atomic E-state index is 14.7. The molecule has 0 saturated carbocycles. The molecule has 0 bridgehead atoms. The Balaban J connectivity index is 1.68. The highest BCUT2D eigenvalue weighted by Crippen LogP contribution is 2.25. The van der Waals surface area contributed by atoms with Gasteiger partial charge in [0.05, 0.1) is 0 Å². The molecule has 34 heavy (non-hydrogen) atoms. The number of hydrogen-bond acceptors (Lipinski definition) is 4. The van der Waals surface area contributed by atoms with E-state index in [0.29, 0.717) is 19.6 Å². The molecule has 0 aliphatic carbocycles. The van der Waals surface area contributed by atoms with Gasteiger partial charge in [-0.2, -0.15) is 4.31 Å². The van der Waals surface area contributed by atoms with E-state index in [-0.39, 0.29) is 18.0 Å². The summed E-state index contributed by atoms with van der Waals surface area (Å²) >= 11 is 0. The SMILES string of the molecule is Cc1ccccc1CN(Cc1cccnc1)C(=O)c1ccc(F)c(S(=O)(=O)N2CCCCC2)c1. The Bertz CT molecular complexity index is 1260. The number of rotatable bonds is 7. The molecule has 1 fully saturated rings. The Morgan fingerprint density at radius 1 is 1.03 bits per heavy atom. The molecule has 2 heterocycles. The second kappa shape index (κ2) is 10.4. The van der Waals surface area contributed by atoms with Gasteiger partial charge in [0.1, 0.15) is 10.7 Å². The van der Waals surface area contributed by atoms with Crippen molar-refractivity contribution in [3.05, 3.63) is 95.1 Å². The zero-order valence-electron chi connectivity index (χ0n) is 19.2. The molecule has 1 saturated heterocycles. The van der Waals surface area contributed by atoms with Crippen molar-refractivity contribution >= 4 is 15.9 Å². The zero-order chi connectivity index (χ0) is 24.1. The molecular formula is C26H28FN3O3S. The number of hydrogen-bond donors (Lipinski definition) is 0. The second-order valence-electron chi connectivity index (χ2n) is 8.56. The number of halogens is 1. The fourth-order valence-corrected chi connectivity index (χ4v) is 5.77. The fourth-order valence-electron chi connectivity index (χ4n) is 4.17. The summed E-state index contributed by atoms with van der Waals surface area (Å²) in [5, 5.41) is 0. The average Bonchev–Trinajstić information content (AvgIpc) is 2.86. The third-order valence-electron chi connectivity index (χ3n) is 6.12. The Hall–Kier alpha value is -3.10. The Morgan fingerprint density at radius 3 is 2.50 bits per heavy atom. The maximum atomic E-state index is 14.7. The molecule has 0 radical (unpaired) electrons. The van der Waals surface area contributed by atoms with E-state index in [1.165, 1.54) is 16.4 Å². The molecule has 1 amide bonds. The number of pyridine rings is 1. The molecular weight excluding hydrogens is 453 g/mol. The van der Waals surface area contributed by atoms with E-state index < -0.39 is 20.7 Å². The van der Waals surface area contributed by atoms with Crippen molar-refractivity contribution in [1.29, 1.82) is 0 Å². The van der Waals surface area contributed by atoms with Crippen LogP contribution in [0.3, 0.4) is 0 Å². The van der Waals surface area contributed by atoms with Crippen LogP contribution in [0.15, 0.2) is 71.9 Å². The number of benzene rings is 2. The predicted molar refractivity (Wildman–Crippen MR) is 128 cm³/mol. The summed E-state index contributed by atoms with van der Waals surface area (Å²) in [7, 11) is -4.02. The molecule has 4 rings (SSSR count). The molecule has 0 atom stereocenters. The van der Waals surface area contributed by atoms with Gasteiger partial charge >= 0.3 is 0 Å². The number of aromatic nitrogens is 1. The third-order valence-corrected chi connectivity index (χ3v) is 8.03. The van der Waals surface area contributed by atoms with Crippen molar-refractivity contribution in [2.24, 2.45) is 0 Å². The Morgan fingerprint density at radius 2 is 1.79 bits per heavy atom. The van der Waals surface area contributed by atoms with Gasteiger partial charge in [-0.15, -0.1) is 0 Å². The minimum Gasteiger partial charge on any atom is -0.330 e. The molecule has 0 unspecified atom stereocenters. The van der Waals surface area contributed by atoms with Crippen LogP contribution in [-0.4, -0.2) is 41.6 Å². The van der Waals surface area contributed by atoms with E-state index in [4.69, 9.17) is 0 Å². The van der Waals surface area contributed by atoms with Crippen molar-refractivity contribution < 1.29 is 17.6 Å². The van der Waals surface area contributed by atoms with Crippen LogP contribution in [0.25, 0.3) is 0 Å². The van der Waals surface area contributed by atoms with E-state index in [1.54, 1.807) is 23.4 Å². The minimum atomic E-state index is -4.02. The minimum absolute atomic E-state index is 0.134. The molecule has 178 valence electrons. The number of piperidine rings is 1. The van der Waals surface area contributed by atoms with E-state index in [2.05, 4.69) is 4.98 Å². The molecule has 2 aromatic carbocycles. The lowest BCUT2D eigenvalue weighted by Gasteiger charge is -2.27. The summed E-state index contributed by atoms with van der Waals surface area (Å²) in [5.41, 5.74) is 2.99. The quantitative estimate of drug-likeness (QED) is 0.497. The number of sulfonamides is 1. The van der Waals surface area contributed by atoms with E-state index in [9.17, 15) is 17.6 Å². The molecule has 3 aromatic rings. The van der Waals surface area contributed by atoms with Gasteiger partial charge in [0.2, 0.25) is 10.0 Å². The first kappa shape index (κ1) is 24.0. The highest BCUT2D eigenvalue weighted by Gasteiger charge is 2.30. The van der Waals surface area contributed by atoms with Crippen molar-refractivity contribution in [2.75, 3.05) is 13.1 Å². The summed E-state index contributed by atoms with van der Waals surface area (Å²) in [4.78, 5) is 18.9. The van der Waals surface area contributed by atoms with E-state index in [1.807, 2.05) is 37.3 Å². The molecule has 0 N–H and O–H groups in total. The monoisotopic (exact) mass is 481 g/mol. The summed E-state index contributed by atoms with van der Waals surface area (Å²) in [6.07, 6.45) is 5.79. The maximum Gasteiger partial charge on any atom is 0.254 e. The molecule has 0 spiro atoms. The highest BCUT2D eigenvalue weighted by atomic mass is 32.2. The van der Waals surface area contributed by atoms with Gasteiger partial charge in [0, 0.05) is 44.1 Å². The predicted octanol–water partition coefficient (Wildman–Crippen LogP) is 4.55. The van der Waals surface area contributed by atoms with Crippen LogP contribution in [0.4, 0.5) is 4.39 Å². The normalized spacial score (nSPS) is 14.6. The number of carbonyl (C=O) groups excluding carboxylic acids is 1. The lowest BCUT2D eigenvalue weighted by atomic mass is 10.1. The summed E-state index contributed by atoms with van der Waals surface area (Å²) in [6, 6.07) is 15.0. The van der Waals surface area contributed by atoms with Crippen LogP contribution >= 0.6 is 0 Å². The van der Waals surface area contributed by atoms with Gasteiger partial charge in [0.15, 0.2) is 0 Å². The third kappa shape index (κ3) is 5.34. The first-order valence-electron chi connectivity index (χ1n) is 11.4. The summed E-state index contributed by atoms with van der Waals surface area (Å²) in [6.45, 7) is 3.31. The number of nitrogens with zero attached hydrogens (tertiary/aromatic N) is 3. The van der Waals surface area contributed by atoms with E-state index >= 15 is 0 Å². The Labute approximate surface area is 200 Å².